The van der Waals surface area contributed by atoms with Gasteiger partial charge in [0, 0.05) is 37.7 Å². The highest BCUT2D eigenvalue weighted by Gasteiger charge is 2.39. The molecule has 4 rings (SSSR count). The lowest BCUT2D eigenvalue weighted by Crippen LogP contribution is -2.52. The summed E-state index contributed by atoms with van der Waals surface area (Å²) in [4.78, 5) is 40.4. The lowest BCUT2D eigenvalue weighted by molar-refractivity contribution is -0.136. The second-order valence-electron chi connectivity index (χ2n) is 7.48. The van der Waals surface area contributed by atoms with E-state index in [0.717, 1.165) is 43.6 Å². The lowest BCUT2D eigenvalue weighted by Gasteiger charge is -2.31. The minimum atomic E-state index is -0.566. The standard InChI is InChI=1S/C19H24N4O3/c20-13-4-2-8-22(10-13)9-12-3-1-5-14-15(12)11-23(19(14)26)16-6-7-17(24)21-18(16)25/h1,3,5,13,16H,2,4,6-11,20H2,(H,21,24,25)/t13-,16?/m0/s1. The van der Waals surface area contributed by atoms with Crippen molar-refractivity contribution in [2.75, 3.05) is 13.1 Å². The first-order chi connectivity index (χ1) is 12.5. The Labute approximate surface area is 152 Å². The van der Waals surface area contributed by atoms with Crippen molar-refractivity contribution in [3.8, 4) is 0 Å². The molecule has 0 spiro atoms. The number of nitrogens with two attached hydrogens (primary N) is 1. The van der Waals surface area contributed by atoms with Gasteiger partial charge in [0.25, 0.3) is 5.91 Å². The Morgan fingerprint density at radius 2 is 2.04 bits per heavy atom. The Balaban J connectivity index is 1.54. The number of nitrogens with zero attached hydrogens (tertiary/aromatic N) is 2. The van der Waals surface area contributed by atoms with Crippen LogP contribution in [0, 0.1) is 0 Å². The van der Waals surface area contributed by atoms with Gasteiger partial charge in [0.2, 0.25) is 11.8 Å². The summed E-state index contributed by atoms with van der Waals surface area (Å²) >= 11 is 0. The third-order valence-electron chi connectivity index (χ3n) is 5.62. The summed E-state index contributed by atoms with van der Waals surface area (Å²) in [7, 11) is 0. The number of piperidine rings is 2. The third-order valence-corrected chi connectivity index (χ3v) is 5.62. The second-order valence-corrected chi connectivity index (χ2v) is 7.48. The van der Waals surface area contributed by atoms with Crippen LogP contribution in [0.5, 0.6) is 0 Å². The molecule has 2 fully saturated rings. The van der Waals surface area contributed by atoms with Gasteiger partial charge in [-0.3, -0.25) is 24.6 Å². The lowest BCUT2D eigenvalue weighted by atomic mass is 10.0. The van der Waals surface area contributed by atoms with Crippen LogP contribution >= 0.6 is 0 Å². The molecule has 26 heavy (non-hydrogen) atoms. The third kappa shape index (κ3) is 3.12. The van der Waals surface area contributed by atoms with Crippen LogP contribution in [-0.2, 0) is 22.7 Å². The fraction of sp³-hybridized carbons (Fsp3) is 0.526. The van der Waals surface area contributed by atoms with E-state index in [2.05, 4.69) is 16.3 Å². The van der Waals surface area contributed by atoms with Crippen molar-refractivity contribution in [1.82, 2.24) is 15.1 Å². The molecule has 1 unspecified atom stereocenters. The van der Waals surface area contributed by atoms with Crippen molar-refractivity contribution in [1.29, 1.82) is 0 Å². The number of amides is 3. The van der Waals surface area contributed by atoms with Crippen LogP contribution in [-0.4, -0.2) is 52.7 Å². The Bertz CT molecular complexity index is 763. The molecular weight excluding hydrogens is 332 g/mol. The summed E-state index contributed by atoms with van der Waals surface area (Å²) in [5.41, 5.74) is 8.88. The van der Waals surface area contributed by atoms with Crippen LogP contribution in [0.1, 0.15) is 47.2 Å². The first kappa shape index (κ1) is 17.2. The van der Waals surface area contributed by atoms with E-state index in [4.69, 9.17) is 5.73 Å². The molecule has 3 amide bonds. The number of carbonyl (C=O) groups excluding carboxylic acids is 3. The average molecular weight is 356 g/mol. The van der Waals surface area contributed by atoms with Crippen molar-refractivity contribution >= 4 is 17.7 Å². The Hall–Kier alpha value is -2.25. The molecule has 2 atom stereocenters. The van der Waals surface area contributed by atoms with Crippen LogP contribution in [0.25, 0.3) is 0 Å². The Morgan fingerprint density at radius 3 is 2.81 bits per heavy atom. The van der Waals surface area contributed by atoms with Crippen LogP contribution in [0.15, 0.2) is 18.2 Å². The summed E-state index contributed by atoms with van der Waals surface area (Å²) in [5, 5.41) is 2.34. The van der Waals surface area contributed by atoms with Crippen molar-refractivity contribution in [2.24, 2.45) is 5.73 Å². The molecule has 3 aliphatic heterocycles. The summed E-state index contributed by atoms with van der Waals surface area (Å²) in [5.74, 6) is -0.754. The molecule has 1 aromatic carbocycles. The monoisotopic (exact) mass is 356 g/mol. The van der Waals surface area contributed by atoms with Gasteiger partial charge >= 0.3 is 0 Å². The zero-order valence-corrected chi connectivity index (χ0v) is 14.7. The van der Waals surface area contributed by atoms with Crippen molar-refractivity contribution in [2.45, 2.75) is 50.9 Å². The maximum Gasteiger partial charge on any atom is 0.255 e. The van der Waals surface area contributed by atoms with Crippen molar-refractivity contribution in [3.05, 3.63) is 34.9 Å². The van der Waals surface area contributed by atoms with Gasteiger partial charge in [0.05, 0.1) is 0 Å². The van der Waals surface area contributed by atoms with E-state index in [1.54, 1.807) is 4.90 Å². The molecule has 0 bridgehead atoms. The average Bonchev–Trinajstić information content (AvgIpc) is 2.93. The van der Waals surface area contributed by atoms with E-state index in [0.29, 0.717) is 18.5 Å². The Kier molecular flexibility index (Phi) is 4.50. The molecule has 2 saturated heterocycles. The number of likely N-dealkylation sites (tertiary alicyclic amines) is 1. The highest BCUT2D eigenvalue weighted by Crippen LogP contribution is 2.30. The largest absolute Gasteiger partial charge is 0.327 e. The normalized spacial score (nSPS) is 26.8. The summed E-state index contributed by atoms with van der Waals surface area (Å²) in [6.07, 6.45) is 2.82. The topological polar surface area (TPSA) is 95.7 Å². The number of benzene rings is 1. The SMILES string of the molecule is N[C@H]1CCCN(Cc2cccc3c2CN(C2CCC(=O)NC2=O)C3=O)C1. The number of nitrogens with one attached hydrogen (secondary N) is 1. The van der Waals surface area contributed by atoms with Gasteiger partial charge in [-0.2, -0.15) is 0 Å². The molecule has 7 nitrogen and oxygen atoms in total. The van der Waals surface area contributed by atoms with E-state index in [1.165, 1.54) is 0 Å². The molecule has 3 aliphatic rings. The quantitative estimate of drug-likeness (QED) is 0.763. The molecule has 3 N–H and O–H groups in total. The first-order valence-electron chi connectivity index (χ1n) is 9.26. The predicted molar refractivity (Wildman–Crippen MR) is 95.0 cm³/mol. The molecule has 0 aliphatic carbocycles. The molecule has 3 heterocycles. The molecule has 0 radical (unpaired) electrons. The van der Waals surface area contributed by atoms with Gasteiger partial charge < -0.3 is 10.6 Å². The van der Waals surface area contributed by atoms with E-state index < -0.39 is 6.04 Å². The van der Waals surface area contributed by atoms with E-state index in [1.807, 2.05) is 12.1 Å². The summed E-state index contributed by atoms with van der Waals surface area (Å²) in [6, 6.07) is 5.44. The summed E-state index contributed by atoms with van der Waals surface area (Å²) in [6.45, 7) is 3.08. The fourth-order valence-corrected chi connectivity index (χ4v) is 4.27. The fourth-order valence-electron chi connectivity index (χ4n) is 4.27. The zero-order valence-electron chi connectivity index (χ0n) is 14.7. The highest BCUT2D eigenvalue weighted by atomic mass is 16.2. The second kappa shape index (κ2) is 6.81. The maximum atomic E-state index is 12.8. The number of hydrogen-bond donors (Lipinski definition) is 2. The summed E-state index contributed by atoms with van der Waals surface area (Å²) < 4.78 is 0. The first-order valence-corrected chi connectivity index (χ1v) is 9.26. The number of hydrogen-bond acceptors (Lipinski definition) is 5. The van der Waals surface area contributed by atoms with Gasteiger partial charge in [-0.05, 0) is 43.0 Å². The molecule has 0 saturated carbocycles. The van der Waals surface area contributed by atoms with Crippen LogP contribution in [0.2, 0.25) is 0 Å². The Morgan fingerprint density at radius 1 is 1.19 bits per heavy atom. The number of imide groups is 1. The highest BCUT2D eigenvalue weighted by molar-refractivity contribution is 6.05. The van der Waals surface area contributed by atoms with Gasteiger partial charge in [-0.1, -0.05) is 12.1 Å². The van der Waals surface area contributed by atoms with E-state index in [-0.39, 0.29) is 30.2 Å². The van der Waals surface area contributed by atoms with Crippen molar-refractivity contribution < 1.29 is 14.4 Å². The van der Waals surface area contributed by atoms with Crippen LogP contribution in [0.4, 0.5) is 0 Å². The number of rotatable bonds is 3. The maximum absolute atomic E-state index is 12.8. The van der Waals surface area contributed by atoms with Gasteiger partial charge in [0.15, 0.2) is 0 Å². The molecule has 138 valence electrons. The van der Waals surface area contributed by atoms with Gasteiger partial charge in [-0.25, -0.2) is 0 Å². The predicted octanol–water partition coefficient (Wildman–Crippen LogP) is 0.371. The number of fused-ring (bicyclic) bond motifs is 1. The smallest absolute Gasteiger partial charge is 0.255 e. The number of carbonyl (C=O) groups is 3. The van der Waals surface area contributed by atoms with Gasteiger partial charge in [0.1, 0.15) is 6.04 Å². The molecule has 7 heteroatoms. The van der Waals surface area contributed by atoms with Crippen LogP contribution < -0.4 is 11.1 Å². The van der Waals surface area contributed by atoms with Crippen molar-refractivity contribution in [3.63, 3.8) is 0 Å². The van der Waals surface area contributed by atoms with Crippen LogP contribution in [0.3, 0.4) is 0 Å². The molecular formula is C19H24N4O3. The zero-order chi connectivity index (χ0) is 18.3. The minimum absolute atomic E-state index is 0.119. The van der Waals surface area contributed by atoms with Gasteiger partial charge in [-0.15, -0.1) is 0 Å². The molecule has 0 aromatic heterocycles. The minimum Gasteiger partial charge on any atom is -0.327 e. The van der Waals surface area contributed by atoms with E-state index >= 15 is 0 Å². The molecule has 1 aromatic rings. The van der Waals surface area contributed by atoms with E-state index in [9.17, 15) is 14.4 Å².